The van der Waals surface area contributed by atoms with Crippen LogP contribution in [-0.4, -0.2) is 54.3 Å². The Hall–Kier alpha value is -1.11. The van der Waals surface area contributed by atoms with Crippen molar-refractivity contribution in [1.29, 1.82) is 0 Å². The number of carbonyl (C=O) groups is 2. The van der Waals surface area contributed by atoms with Gasteiger partial charge < -0.3 is 10.2 Å². The number of halogens is 1. The molecule has 1 aromatic rings. The number of nitrogens with one attached hydrogen (secondary N) is 1. The zero-order valence-corrected chi connectivity index (χ0v) is 14.5. The van der Waals surface area contributed by atoms with Crippen molar-refractivity contribution in [2.75, 3.05) is 26.7 Å². The predicted molar refractivity (Wildman–Crippen MR) is 89.1 cm³/mol. The molecule has 122 valence electrons. The van der Waals surface area contributed by atoms with E-state index >= 15 is 0 Å². The van der Waals surface area contributed by atoms with Gasteiger partial charge in [0.2, 0.25) is 11.8 Å². The van der Waals surface area contributed by atoms with Crippen LogP contribution in [0.15, 0.2) is 12.1 Å². The third-order valence-corrected chi connectivity index (χ3v) is 4.69. The number of hydrogen-bond donors (Lipinski definition) is 1. The van der Waals surface area contributed by atoms with Crippen LogP contribution in [0.2, 0.25) is 4.34 Å². The molecule has 0 atom stereocenters. The highest BCUT2D eigenvalue weighted by Crippen LogP contribution is 2.22. The van der Waals surface area contributed by atoms with Gasteiger partial charge in [0.25, 0.3) is 0 Å². The van der Waals surface area contributed by atoms with Crippen LogP contribution in [0, 0.1) is 0 Å². The molecular formula is C15H22ClN3O2S. The Morgan fingerprint density at radius 2 is 2.09 bits per heavy atom. The smallest absolute Gasteiger partial charge is 0.237 e. The van der Waals surface area contributed by atoms with E-state index in [4.69, 9.17) is 11.6 Å². The summed E-state index contributed by atoms with van der Waals surface area (Å²) in [5, 5.41) is 2.93. The Morgan fingerprint density at radius 1 is 1.36 bits per heavy atom. The highest BCUT2D eigenvalue weighted by atomic mass is 35.5. The van der Waals surface area contributed by atoms with Crippen LogP contribution in [0.1, 0.15) is 24.6 Å². The van der Waals surface area contributed by atoms with E-state index in [1.807, 2.05) is 19.1 Å². The average Bonchev–Trinajstić information content (AvgIpc) is 3.15. The first-order valence-corrected chi connectivity index (χ1v) is 8.67. The van der Waals surface area contributed by atoms with E-state index in [2.05, 4.69) is 5.32 Å². The summed E-state index contributed by atoms with van der Waals surface area (Å²) in [6, 6.07) is 4.14. The van der Waals surface area contributed by atoms with Crippen LogP contribution < -0.4 is 5.32 Å². The van der Waals surface area contributed by atoms with E-state index in [9.17, 15) is 9.59 Å². The molecule has 1 aliphatic carbocycles. The van der Waals surface area contributed by atoms with Gasteiger partial charge in [-0.05, 0) is 38.9 Å². The molecule has 1 saturated carbocycles. The van der Waals surface area contributed by atoms with Crippen LogP contribution >= 0.6 is 22.9 Å². The van der Waals surface area contributed by atoms with E-state index in [1.54, 1.807) is 16.8 Å². The summed E-state index contributed by atoms with van der Waals surface area (Å²) in [5.41, 5.74) is 0. The van der Waals surface area contributed by atoms with E-state index in [0.29, 0.717) is 19.1 Å². The number of thiophene rings is 1. The molecule has 2 rings (SSSR count). The van der Waals surface area contributed by atoms with Crippen molar-refractivity contribution in [3.05, 3.63) is 21.3 Å². The maximum atomic E-state index is 12.3. The van der Waals surface area contributed by atoms with Gasteiger partial charge in [-0.1, -0.05) is 11.6 Å². The molecule has 2 amide bonds. The molecule has 0 radical (unpaired) electrons. The first-order valence-electron chi connectivity index (χ1n) is 7.47. The minimum absolute atomic E-state index is 0.00844. The van der Waals surface area contributed by atoms with Gasteiger partial charge in [-0.3, -0.25) is 14.5 Å². The van der Waals surface area contributed by atoms with Crippen molar-refractivity contribution in [2.24, 2.45) is 0 Å². The van der Waals surface area contributed by atoms with Crippen LogP contribution in [0.25, 0.3) is 0 Å². The van der Waals surface area contributed by atoms with Gasteiger partial charge >= 0.3 is 0 Å². The normalized spacial score (nSPS) is 14.2. The zero-order valence-electron chi connectivity index (χ0n) is 13.0. The van der Waals surface area contributed by atoms with Gasteiger partial charge in [-0.2, -0.15) is 0 Å². The average molecular weight is 344 g/mol. The molecule has 0 unspecified atom stereocenters. The van der Waals surface area contributed by atoms with Crippen LogP contribution in [0.3, 0.4) is 0 Å². The lowest BCUT2D eigenvalue weighted by atomic mass is 10.3. The van der Waals surface area contributed by atoms with Crippen molar-refractivity contribution in [2.45, 2.75) is 32.4 Å². The quantitative estimate of drug-likeness (QED) is 0.785. The minimum atomic E-state index is -0.00844. The standard InChI is InChI=1S/C15H22ClN3O2S/c1-3-19(8-12-6-7-13(16)22-12)15(21)10-18(2)9-14(20)17-11-4-5-11/h6-7,11H,3-5,8-10H2,1-2H3,(H,17,20). The molecule has 5 nitrogen and oxygen atoms in total. The van der Waals surface area contributed by atoms with E-state index in [0.717, 1.165) is 22.1 Å². The van der Waals surface area contributed by atoms with Crippen molar-refractivity contribution in [3.8, 4) is 0 Å². The Kier molecular flexibility index (Phi) is 6.23. The highest BCUT2D eigenvalue weighted by Gasteiger charge is 2.24. The SMILES string of the molecule is CCN(Cc1ccc(Cl)s1)C(=O)CN(C)CC(=O)NC1CC1. The van der Waals surface area contributed by atoms with E-state index < -0.39 is 0 Å². The second-order valence-electron chi connectivity index (χ2n) is 5.63. The van der Waals surface area contributed by atoms with Gasteiger partial charge in [-0.15, -0.1) is 11.3 Å². The lowest BCUT2D eigenvalue weighted by Crippen LogP contribution is -2.42. The Labute approximate surface area is 140 Å². The Bertz CT molecular complexity index is 531. The monoisotopic (exact) mass is 343 g/mol. The van der Waals surface area contributed by atoms with Crippen molar-refractivity contribution < 1.29 is 9.59 Å². The summed E-state index contributed by atoms with van der Waals surface area (Å²) in [7, 11) is 1.79. The van der Waals surface area contributed by atoms with Gasteiger partial charge in [0, 0.05) is 17.5 Å². The zero-order chi connectivity index (χ0) is 16.1. The van der Waals surface area contributed by atoms with Gasteiger partial charge in [0.05, 0.1) is 24.0 Å². The van der Waals surface area contributed by atoms with Crippen LogP contribution in [-0.2, 0) is 16.1 Å². The summed E-state index contributed by atoms with van der Waals surface area (Å²) in [5.74, 6) is 0.0135. The number of likely N-dealkylation sites (N-methyl/N-ethyl adjacent to an activating group) is 2. The number of carbonyl (C=O) groups excluding carboxylic acids is 2. The topological polar surface area (TPSA) is 52.7 Å². The third kappa shape index (κ3) is 5.59. The van der Waals surface area contributed by atoms with Crippen molar-refractivity contribution >= 4 is 34.8 Å². The second-order valence-corrected chi connectivity index (χ2v) is 7.43. The fourth-order valence-electron chi connectivity index (χ4n) is 2.13. The molecule has 1 aromatic heterocycles. The third-order valence-electron chi connectivity index (χ3n) is 3.47. The first kappa shape index (κ1) is 17.2. The minimum Gasteiger partial charge on any atom is -0.352 e. The molecule has 1 N–H and O–H groups in total. The maximum absolute atomic E-state index is 12.3. The fourth-order valence-corrected chi connectivity index (χ4v) is 3.24. The van der Waals surface area contributed by atoms with Gasteiger partial charge in [0.15, 0.2) is 0 Å². The first-order chi connectivity index (χ1) is 10.5. The van der Waals surface area contributed by atoms with E-state index in [1.165, 1.54) is 11.3 Å². The summed E-state index contributed by atoms with van der Waals surface area (Å²) < 4.78 is 0.729. The summed E-state index contributed by atoms with van der Waals surface area (Å²) in [4.78, 5) is 28.7. The molecule has 1 heterocycles. The molecule has 0 aliphatic heterocycles. The molecule has 0 saturated heterocycles. The Morgan fingerprint density at radius 3 is 2.64 bits per heavy atom. The highest BCUT2D eigenvalue weighted by molar-refractivity contribution is 7.16. The summed E-state index contributed by atoms with van der Waals surface area (Å²) in [6.45, 7) is 3.65. The number of amides is 2. The number of rotatable bonds is 8. The van der Waals surface area contributed by atoms with Crippen LogP contribution in [0.4, 0.5) is 0 Å². The molecule has 0 bridgehead atoms. The largest absolute Gasteiger partial charge is 0.352 e. The molecule has 22 heavy (non-hydrogen) atoms. The van der Waals surface area contributed by atoms with Crippen molar-refractivity contribution in [3.63, 3.8) is 0 Å². The molecule has 1 fully saturated rings. The Balaban J connectivity index is 1.78. The molecule has 7 heteroatoms. The van der Waals surface area contributed by atoms with E-state index in [-0.39, 0.29) is 24.9 Å². The van der Waals surface area contributed by atoms with Gasteiger partial charge in [0.1, 0.15) is 0 Å². The van der Waals surface area contributed by atoms with Gasteiger partial charge in [-0.25, -0.2) is 0 Å². The molecule has 0 spiro atoms. The number of hydrogen-bond acceptors (Lipinski definition) is 4. The lowest BCUT2D eigenvalue weighted by Gasteiger charge is -2.23. The lowest BCUT2D eigenvalue weighted by molar-refractivity contribution is -0.133. The molecule has 1 aliphatic rings. The van der Waals surface area contributed by atoms with Crippen molar-refractivity contribution in [1.82, 2.24) is 15.1 Å². The van der Waals surface area contributed by atoms with Crippen LogP contribution in [0.5, 0.6) is 0 Å². The second kappa shape index (κ2) is 7.94. The molecule has 0 aromatic carbocycles. The predicted octanol–water partition coefficient (Wildman–Crippen LogP) is 1.96. The number of nitrogens with zero attached hydrogens (tertiary/aromatic N) is 2. The summed E-state index contributed by atoms with van der Waals surface area (Å²) in [6.07, 6.45) is 2.14. The maximum Gasteiger partial charge on any atom is 0.237 e. The fraction of sp³-hybridized carbons (Fsp3) is 0.600. The summed E-state index contributed by atoms with van der Waals surface area (Å²) >= 11 is 7.40. The molecular weight excluding hydrogens is 322 g/mol.